The first-order valence-electron chi connectivity index (χ1n) is 6.11. The summed E-state index contributed by atoms with van der Waals surface area (Å²) < 4.78 is 13.0. The molecule has 1 aliphatic heterocycles. The number of fused-ring (bicyclic) bond motifs is 1. The highest BCUT2D eigenvalue weighted by Crippen LogP contribution is 2.47. The van der Waals surface area contributed by atoms with Crippen molar-refractivity contribution in [3.63, 3.8) is 0 Å². The molecular weight excluding hydrogens is 290 g/mol. The molecule has 2 atom stereocenters. The van der Waals surface area contributed by atoms with Gasteiger partial charge in [-0.05, 0) is 49.0 Å². The summed E-state index contributed by atoms with van der Waals surface area (Å²) in [5.74, 6) is 1.36. The number of halogens is 3. The van der Waals surface area contributed by atoms with E-state index in [0.717, 1.165) is 24.9 Å². The molecule has 1 heterocycles. The van der Waals surface area contributed by atoms with Gasteiger partial charge in [0, 0.05) is 12.1 Å². The first kappa shape index (κ1) is 14.6. The Labute approximate surface area is 122 Å². The molecule has 3 rings (SSSR count). The van der Waals surface area contributed by atoms with Crippen LogP contribution >= 0.6 is 24.0 Å². The predicted molar refractivity (Wildman–Crippen MR) is 74.3 cm³/mol. The smallest absolute Gasteiger partial charge is 0.251 e. The molecule has 1 saturated carbocycles. The van der Waals surface area contributed by atoms with Gasteiger partial charge in [0.1, 0.15) is 5.82 Å². The highest BCUT2D eigenvalue weighted by atomic mass is 35.5. The molecule has 0 radical (unpaired) electrons. The second kappa shape index (κ2) is 5.65. The van der Waals surface area contributed by atoms with Crippen LogP contribution < -0.4 is 10.6 Å². The minimum atomic E-state index is -0.504. The van der Waals surface area contributed by atoms with Crippen LogP contribution in [0.2, 0.25) is 5.02 Å². The fraction of sp³-hybridized carbons (Fsp3) is 0.462. The molecule has 1 aromatic carbocycles. The van der Waals surface area contributed by atoms with E-state index in [2.05, 4.69) is 10.6 Å². The van der Waals surface area contributed by atoms with Crippen LogP contribution in [0.3, 0.4) is 0 Å². The molecule has 1 aliphatic carbocycles. The Morgan fingerprint density at radius 3 is 2.74 bits per heavy atom. The van der Waals surface area contributed by atoms with Crippen LogP contribution in [0.4, 0.5) is 4.39 Å². The standard InChI is InChI=1S/C13H14ClFN2O.ClH/c14-11-3-7(1-2-12(11)15)13(18)17-6-10-8-4-16-5-9(8)10;/h1-3,8-10,16H,4-6H2,(H,17,18);1H. The minimum Gasteiger partial charge on any atom is -0.352 e. The fourth-order valence-electron chi connectivity index (χ4n) is 2.80. The minimum absolute atomic E-state index is 0. The lowest BCUT2D eigenvalue weighted by Gasteiger charge is -2.07. The molecule has 6 heteroatoms. The second-order valence-corrected chi connectivity index (χ2v) is 5.40. The molecule has 0 aromatic heterocycles. The van der Waals surface area contributed by atoms with Crippen LogP contribution in [0.15, 0.2) is 18.2 Å². The third kappa shape index (κ3) is 2.86. The van der Waals surface area contributed by atoms with Crippen molar-refractivity contribution in [1.29, 1.82) is 0 Å². The number of amides is 1. The molecule has 2 fully saturated rings. The van der Waals surface area contributed by atoms with Gasteiger partial charge in [0.2, 0.25) is 0 Å². The van der Waals surface area contributed by atoms with Crippen molar-refractivity contribution in [2.45, 2.75) is 0 Å². The van der Waals surface area contributed by atoms with Crippen LogP contribution in [0, 0.1) is 23.6 Å². The third-order valence-corrected chi connectivity index (χ3v) is 4.24. The van der Waals surface area contributed by atoms with Gasteiger partial charge in [-0.25, -0.2) is 4.39 Å². The molecule has 2 unspecified atom stereocenters. The zero-order valence-electron chi connectivity index (χ0n) is 10.2. The SMILES string of the molecule is Cl.O=C(NCC1C2CNCC21)c1ccc(F)c(Cl)c1. The molecular formula is C13H15Cl2FN2O. The lowest BCUT2D eigenvalue weighted by Crippen LogP contribution is -2.28. The first-order valence-corrected chi connectivity index (χ1v) is 6.48. The Kier molecular flexibility index (Phi) is 4.33. The Balaban J connectivity index is 0.00000133. The van der Waals surface area contributed by atoms with Gasteiger partial charge in [-0.1, -0.05) is 11.6 Å². The quantitative estimate of drug-likeness (QED) is 0.898. The zero-order chi connectivity index (χ0) is 12.7. The lowest BCUT2D eigenvalue weighted by molar-refractivity contribution is 0.0950. The summed E-state index contributed by atoms with van der Waals surface area (Å²) in [5, 5.41) is 6.18. The third-order valence-electron chi connectivity index (χ3n) is 3.95. The van der Waals surface area contributed by atoms with Gasteiger partial charge in [-0.3, -0.25) is 4.79 Å². The van der Waals surface area contributed by atoms with Crippen molar-refractivity contribution < 1.29 is 9.18 Å². The van der Waals surface area contributed by atoms with Crippen molar-refractivity contribution in [3.8, 4) is 0 Å². The van der Waals surface area contributed by atoms with E-state index in [1.807, 2.05) is 0 Å². The van der Waals surface area contributed by atoms with Gasteiger partial charge in [-0.15, -0.1) is 12.4 Å². The zero-order valence-corrected chi connectivity index (χ0v) is 11.7. The number of carbonyl (C=O) groups is 1. The van der Waals surface area contributed by atoms with Crippen LogP contribution in [0.1, 0.15) is 10.4 Å². The first-order chi connectivity index (χ1) is 8.66. The molecule has 0 bridgehead atoms. The summed E-state index contributed by atoms with van der Waals surface area (Å²) >= 11 is 5.65. The Morgan fingerprint density at radius 2 is 2.11 bits per heavy atom. The highest BCUT2D eigenvalue weighted by molar-refractivity contribution is 6.31. The topological polar surface area (TPSA) is 41.1 Å². The maximum atomic E-state index is 13.0. The maximum Gasteiger partial charge on any atom is 0.251 e. The van der Waals surface area contributed by atoms with E-state index < -0.39 is 5.82 Å². The van der Waals surface area contributed by atoms with E-state index in [1.54, 1.807) is 0 Å². The Hall–Kier alpha value is -0.840. The molecule has 1 saturated heterocycles. The van der Waals surface area contributed by atoms with Crippen molar-refractivity contribution in [3.05, 3.63) is 34.6 Å². The highest BCUT2D eigenvalue weighted by Gasteiger charge is 2.52. The normalized spacial score (nSPS) is 27.4. The van der Waals surface area contributed by atoms with Crippen LogP contribution in [0.25, 0.3) is 0 Å². The van der Waals surface area contributed by atoms with Crippen molar-refractivity contribution >= 4 is 29.9 Å². The molecule has 3 nitrogen and oxygen atoms in total. The van der Waals surface area contributed by atoms with E-state index in [4.69, 9.17) is 11.6 Å². The predicted octanol–water partition coefficient (Wildman–Crippen LogP) is 2.10. The van der Waals surface area contributed by atoms with Crippen molar-refractivity contribution in [2.75, 3.05) is 19.6 Å². The van der Waals surface area contributed by atoms with Crippen LogP contribution in [-0.2, 0) is 0 Å². The summed E-state index contributed by atoms with van der Waals surface area (Å²) in [6.07, 6.45) is 0. The summed E-state index contributed by atoms with van der Waals surface area (Å²) in [5.41, 5.74) is 0.408. The average Bonchev–Trinajstić information content (AvgIpc) is 2.80. The Bertz CT molecular complexity index is 488. The van der Waals surface area contributed by atoms with E-state index >= 15 is 0 Å². The van der Waals surface area contributed by atoms with Crippen molar-refractivity contribution in [1.82, 2.24) is 10.6 Å². The molecule has 104 valence electrons. The van der Waals surface area contributed by atoms with Crippen LogP contribution in [0.5, 0.6) is 0 Å². The number of benzene rings is 1. The fourth-order valence-corrected chi connectivity index (χ4v) is 2.98. The number of carbonyl (C=O) groups excluding carboxylic acids is 1. The number of piperidine rings is 1. The summed E-state index contributed by atoms with van der Waals surface area (Å²) in [7, 11) is 0. The summed E-state index contributed by atoms with van der Waals surface area (Å²) in [6.45, 7) is 2.83. The van der Waals surface area contributed by atoms with E-state index in [1.165, 1.54) is 18.2 Å². The second-order valence-electron chi connectivity index (χ2n) is 4.99. The number of nitrogens with one attached hydrogen (secondary N) is 2. The van der Waals surface area contributed by atoms with Gasteiger partial charge in [-0.2, -0.15) is 0 Å². The van der Waals surface area contributed by atoms with E-state index in [0.29, 0.717) is 18.0 Å². The molecule has 2 aliphatic rings. The number of hydrogen-bond acceptors (Lipinski definition) is 2. The molecule has 19 heavy (non-hydrogen) atoms. The molecule has 2 N–H and O–H groups in total. The monoisotopic (exact) mass is 304 g/mol. The largest absolute Gasteiger partial charge is 0.352 e. The van der Waals surface area contributed by atoms with E-state index in [9.17, 15) is 9.18 Å². The van der Waals surface area contributed by atoms with Crippen LogP contribution in [-0.4, -0.2) is 25.5 Å². The summed E-state index contributed by atoms with van der Waals surface area (Å²) in [6, 6.07) is 4.03. The molecule has 1 aromatic rings. The number of hydrogen-bond donors (Lipinski definition) is 2. The molecule has 0 spiro atoms. The van der Waals surface area contributed by atoms with E-state index in [-0.39, 0.29) is 23.3 Å². The van der Waals surface area contributed by atoms with Gasteiger partial charge >= 0.3 is 0 Å². The maximum absolute atomic E-state index is 13.0. The average molecular weight is 305 g/mol. The van der Waals surface area contributed by atoms with Crippen molar-refractivity contribution in [2.24, 2.45) is 17.8 Å². The van der Waals surface area contributed by atoms with Gasteiger partial charge in [0.25, 0.3) is 5.91 Å². The Morgan fingerprint density at radius 1 is 1.42 bits per heavy atom. The summed E-state index contributed by atoms with van der Waals surface area (Å²) in [4.78, 5) is 11.9. The number of rotatable bonds is 3. The van der Waals surface area contributed by atoms with Gasteiger partial charge in [0.05, 0.1) is 5.02 Å². The lowest BCUT2D eigenvalue weighted by atomic mass is 10.2. The van der Waals surface area contributed by atoms with Gasteiger partial charge < -0.3 is 10.6 Å². The molecule has 1 amide bonds. The van der Waals surface area contributed by atoms with Gasteiger partial charge in [0.15, 0.2) is 0 Å².